The summed E-state index contributed by atoms with van der Waals surface area (Å²) in [5.74, 6) is -1.92. The second-order valence-corrected chi connectivity index (χ2v) is 10.6. The average Bonchev–Trinajstić information content (AvgIpc) is 3.92. The standard InChI is InChI=1S/C42H24BNO3/c1-5-15-34-28(10-1)29-11-2-6-16-35(29)44(34)26-23-32-30-21-20-25(27-13-9-19-38-41(27)31-12-3-7-17-36(31)45-38)22-39(30)47-43-33-14-4-8-18-37(33)46-40(24-26)42(32)43/h1-24H/i1D,2D,3D,4D,5D,6D,7D,8D,9D,10D,11D,12D,13D,14D,15D,16D,17D,18D,19D,20D,21D,22D,23D,24D. The highest BCUT2D eigenvalue weighted by molar-refractivity contribution is 6.84. The average molecular weight is 626 g/mol. The van der Waals surface area contributed by atoms with Crippen LogP contribution in [-0.4, -0.2) is 11.5 Å². The van der Waals surface area contributed by atoms with Crippen LogP contribution < -0.4 is 20.3 Å². The molecule has 0 bridgehead atoms. The maximum absolute atomic E-state index is 10.1. The van der Waals surface area contributed by atoms with Gasteiger partial charge in [0.15, 0.2) is 0 Å². The van der Waals surface area contributed by atoms with Gasteiger partial charge in [0.1, 0.15) is 28.4 Å². The summed E-state index contributed by atoms with van der Waals surface area (Å²) < 4.78 is 234. The fraction of sp³-hybridized carbons (Fsp3) is 0. The highest BCUT2D eigenvalue weighted by Gasteiger charge is 2.41. The first kappa shape index (κ1) is 11.6. The Morgan fingerprint density at radius 3 is 2.11 bits per heavy atom. The summed E-state index contributed by atoms with van der Waals surface area (Å²) in [5, 5.41) is -1.65. The second kappa shape index (κ2) is 9.18. The molecule has 4 nitrogen and oxygen atoms in total. The lowest BCUT2D eigenvalue weighted by atomic mass is 9.51. The van der Waals surface area contributed by atoms with Gasteiger partial charge in [-0.25, -0.2) is 0 Å². The first-order chi connectivity index (χ1) is 33.3. The number of rotatable bonds is 2. The second-order valence-electron chi connectivity index (χ2n) is 10.6. The molecular weight excluding hydrogens is 577 g/mol. The van der Waals surface area contributed by atoms with Gasteiger partial charge in [0.2, 0.25) is 0 Å². The van der Waals surface area contributed by atoms with E-state index >= 15 is 0 Å². The van der Waals surface area contributed by atoms with Crippen LogP contribution in [0.4, 0.5) is 0 Å². The number of ether oxygens (including phenoxy) is 1. The third kappa shape index (κ3) is 3.43. The minimum absolute atomic E-state index is 0.342. The molecule has 0 saturated carbocycles. The van der Waals surface area contributed by atoms with Crippen LogP contribution in [0.2, 0.25) is 0 Å². The molecule has 0 amide bonds. The zero-order valence-corrected chi connectivity index (χ0v) is 23.2. The van der Waals surface area contributed by atoms with Gasteiger partial charge in [0.05, 0.1) is 49.6 Å². The molecule has 0 saturated heterocycles. The maximum Gasteiger partial charge on any atom is 0.434 e. The smallest absolute Gasteiger partial charge is 0.434 e. The van der Waals surface area contributed by atoms with Crippen LogP contribution in [0.25, 0.3) is 71.7 Å². The highest BCUT2D eigenvalue weighted by Crippen LogP contribution is 2.45. The Bertz CT molecular complexity index is 4050. The summed E-state index contributed by atoms with van der Waals surface area (Å²) in [6.07, 6.45) is 0. The molecule has 2 aromatic heterocycles. The molecular formula is C42H24BNO3. The Morgan fingerprint density at radius 2 is 1.26 bits per heavy atom. The van der Waals surface area contributed by atoms with E-state index in [1.54, 1.807) is 0 Å². The van der Waals surface area contributed by atoms with E-state index in [-0.39, 0.29) is 10.8 Å². The van der Waals surface area contributed by atoms with Gasteiger partial charge in [0.25, 0.3) is 0 Å². The highest BCUT2D eigenvalue weighted by atomic mass is 16.5. The van der Waals surface area contributed by atoms with Gasteiger partial charge in [-0.3, -0.25) is 0 Å². The molecule has 4 heterocycles. The molecule has 218 valence electrons. The van der Waals surface area contributed by atoms with Crippen molar-refractivity contribution in [2.24, 2.45) is 0 Å². The van der Waals surface area contributed by atoms with Crippen molar-refractivity contribution in [1.29, 1.82) is 0 Å². The van der Waals surface area contributed by atoms with Gasteiger partial charge < -0.3 is 18.4 Å². The van der Waals surface area contributed by atoms with Gasteiger partial charge in [-0.15, -0.1) is 0 Å². The molecule has 2 aliphatic heterocycles. The van der Waals surface area contributed by atoms with Crippen molar-refractivity contribution in [3.8, 4) is 45.2 Å². The summed E-state index contributed by atoms with van der Waals surface area (Å²) in [6, 6.07) is -19.1. The van der Waals surface area contributed by atoms with E-state index in [4.69, 9.17) is 39.9 Å². The quantitative estimate of drug-likeness (QED) is 0.180. The number of fused-ring (bicyclic) bond motifs is 10. The zero-order valence-electron chi connectivity index (χ0n) is 47.2. The number of hydrogen-bond donors (Lipinski definition) is 0. The van der Waals surface area contributed by atoms with E-state index in [0.29, 0.717) is 0 Å². The summed E-state index contributed by atoms with van der Waals surface area (Å²) in [6.45, 7) is -1.85. The lowest BCUT2D eigenvalue weighted by Gasteiger charge is -2.33. The van der Waals surface area contributed by atoms with Crippen LogP contribution in [-0.2, 0) is 0 Å². The minimum Gasteiger partial charge on any atom is -0.551 e. The van der Waals surface area contributed by atoms with Crippen molar-refractivity contribution in [1.82, 2.24) is 4.57 Å². The largest absolute Gasteiger partial charge is 0.551 e. The van der Waals surface area contributed by atoms with Crippen molar-refractivity contribution < 1.29 is 46.7 Å². The van der Waals surface area contributed by atoms with Crippen LogP contribution in [0.5, 0.6) is 17.2 Å². The number of para-hydroxylation sites is 4. The van der Waals surface area contributed by atoms with Gasteiger partial charge in [-0.2, -0.15) is 0 Å². The fourth-order valence-corrected chi connectivity index (χ4v) is 6.17. The van der Waals surface area contributed by atoms with Crippen molar-refractivity contribution >= 4 is 61.6 Å². The molecule has 0 fully saturated rings. The predicted molar refractivity (Wildman–Crippen MR) is 191 cm³/mol. The lowest BCUT2D eigenvalue weighted by molar-refractivity contribution is 0.479. The third-order valence-electron chi connectivity index (χ3n) is 8.12. The number of hydrogen-bond acceptors (Lipinski definition) is 3. The van der Waals surface area contributed by atoms with Gasteiger partial charge in [0, 0.05) is 44.1 Å². The molecule has 47 heavy (non-hydrogen) atoms. The first-order valence-corrected chi connectivity index (χ1v) is 14.0. The van der Waals surface area contributed by atoms with Crippen molar-refractivity contribution in [3.63, 3.8) is 0 Å². The molecule has 11 rings (SSSR count). The van der Waals surface area contributed by atoms with Crippen LogP contribution in [0.3, 0.4) is 0 Å². The summed E-state index contributed by atoms with van der Waals surface area (Å²) in [7, 11) is 0. The number of nitrogens with zero attached hydrogens (tertiary/aromatic N) is 1. The van der Waals surface area contributed by atoms with Gasteiger partial charge in [-0.1, -0.05) is 96.7 Å². The molecule has 0 atom stereocenters. The topological polar surface area (TPSA) is 36.5 Å². The Kier molecular flexibility index (Phi) is 2.26. The number of furan rings is 1. The Hall–Kier alpha value is -6.20. The molecule has 5 heteroatoms. The Labute approximate surface area is 303 Å². The van der Waals surface area contributed by atoms with Crippen molar-refractivity contribution in [2.45, 2.75) is 0 Å². The molecule has 7 aromatic carbocycles. The molecule has 0 unspecified atom stereocenters. The monoisotopic (exact) mass is 625 g/mol. The van der Waals surface area contributed by atoms with Gasteiger partial charge >= 0.3 is 6.92 Å². The Morgan fingerprint density at radius 1 is 0.532 bits per heavy atom. The maximum atomic E-state index is 10.1. The van der Waals surface area contributed by atoms with Crippen LogP contribution in [0.1, 0.15) is 32.9 Å². The number of aromatic nitrogens is 1. The van der Waals surface area contributed by atoms with E-state index in [1.807, 2.05) is 0 Å². The molecule has 2 aliphatic rings. The van der Waals surface area contributed by atoms with Crippen molar-refractivity contribution in [3.05, 3.63) is 145 Å². The zero-order chi connectivity index (χ0) is 51.5. The minimum atomic E-state index is -1.85. The number of benzene rings is 7. The molecule has 0 spiro atoms. The molecule has 0 radical (unpaired) electrons. The van der Waals surface area contributed by atoms with E-state index in [1.165, 1.54) is 0 Å². The van der Waals surface area contributed by atoms with E-state index in [0.717, 1.165) is 4.57 Å². The van der Waals surface area contributed by atoms with Crippen LogP contribution in [0, 0.1) is 0 Å². The van der Waals surface area contributed by atoms with Crippen LogP contribution >= 0.6 is 0 Å². The third-order valence-corrected chi connectivity index (χ3v) is 8.12. The SMILES string of the molecule is [2H]c1c([2H])c([2H])c2c(c1[2H])Oc1c([2H])c(-n3c4c([2H])c([2H])c([2H])c([2H])c4c4c([2H])c([2H])c([2H])c([2H])c43)c([2H])c3c1B2Oc1c([2H])c(-c2c([2H])c([2H])c([2H])c4oc5c([2H])c([2H])c([2H])c([2H])c5c24)c([2H])c([2H])c1-3. The molecule has 0 aliphatic carbocycles. The summed E-state index contributed by atoms with van der Waals surface area (Å²) in [5.41, 5.74) is -5.84. The summed E-state index contributed by atoms with van der Waals surface area (Å²) in [4.78, 5) is 0. The van der Waals surface area contributed by atoms with E-state index < -0.39 is 241 Å². The van der Waals surface area contributed by atoms with Gasteiger partial charge in [-0.05, 0) is 59.0 Å². The van der Waals surface area contributed by atoms with Crippen molar-refractivity contribution in [2.75, 3.05) is 0 Å². The fourth-order valence-electron chi connectivity index (χ4n) is 6.17. The lowest BCUT2D eigenvalue weighted by Crippen LogP contribution is -2.53. The molecule has 0 N–H and O–H groups in total. The molecule has 9 aromatic rings. The van der Waals surface area contributed by atoms with E-state index in [2.05, 4.69) is 0 Å². The normalized spacial score (nSPS) is 20.1. The predicted octanol–water partition coefficient (Wildman–Crippen LogP) is 9.62. The Balaban J connectivity index is 1.35. The van der Waals surface area contributed by atoms with Crippen LogP contribution in [0.15, 0.2) is 149 Å². The first-order valence-electron chi connectivity index (χ1n) is 26.0. The summed E-state index contributed by atoms with van der Waals surface area (Å²) >= 11 is 0. The van der Waals surface area contributed by atoms with E-state index in [9.17, 15) is 6.85 Å².